The van der Waals surface area contributed by atoms with Gasteiger partial charge in [-0.2, -0.15) is 0 Å². The number of carboxylic acid groups (broad SMARTS) is 1. The maximum Gasteiger partial charge on any atom is 0.306 e. The summed E-state index contributed by atoms with van der Waals surface area (Å²) in [6.45, 7) is 0. The van der Waals surface area contributed by atoms with Gasteiger partial charge in [-0.15, -0.1) is 0 Å². The smallest absolute Gasteiger partial charge is 0.306 e. The molecule has 0 aromatic heterocycles. The van der Waals surface area contributed by atoms with Gasteiger partial charge in [-0.05, 0) is 49.9 Å². The number of nitrogens with two attached hydrogens (primary N) is 1. The van der Waals surface area contributed by atoms with Crippen molar-refractivity contribution in [3.8, 4) is 5.75 Å². The van der Waals surface area contributed by atoms with E-state index in [0.29, 0.717) is 24.2 Å². The Morgan fingerprint density at radius 3 is 2.16 bits per heavy atom. The highest BCUT2D eigenvalue weighted by Gasteiger charge is 2.26. The van der Waals surface area contributed by atoms with Crippen LogP contribution in [0.15, 0.2) is 24.3 Å². The van der Waals surface area contributed by atoms with Crippen LogP contribution in [0.1, 0.15) is 36.0 Å². The highest BCUT2D eigenvalue weighted by molar-refractivity contribution is 5.92. The largest absolute Gasteiger partial charge is 0.490 e. The third kappa shape index (κ3) is 3.47. The van der Waals surface area contributed by atoms with Crippen molar-refractivity contribution in [3.05, 3.63) is 29.8 Å². The van der Waals surface area contributed by atoms with Gasteiger partial charge in [0.25, 0.3) is 0 Å². The summed E-state index contributed by atoms with van der Waals surface area (Å²) >= 11 is 0. The average Bonchev–Trinajstić information content (AvgIpc) is 2.40. The first-order valence-electron chi connectivity index (χ1n) is 6.35. The monoisotopic (exact) mass is 263 g/mol. The molecule has 0 aliphatic heterocycles. The molecule has 1 saturated carbocycles. The molecule has 0 unspecified atom stereocenters. The van der Waals surface area contributed by atoms with Crippen LogP contribution in [-0.2, 0) is 4.79 Å². The summed E-state index contributed by atoms with van der Waals surface area (Å²) in [5.74, 6) is -0.737. The predicted molar refractivity (Wildman–Crippen MR) is 69.0 cm³/mol. The number of hydrogen-bond donors (Lipinski definition) is 2. The van der Waals surface area contributed by atoms with Crippen molar-refractivity contribution in [1.29, 1.82) is 0 Å². The minimum atomic E-state index is -0.718. The Morgan fingerprint density at radius 2 is 1.68 bits per heavy atom. The van der Waals surface area contributed by atoms with E-state index < -0.39 is 11.9 Å². The number of aliphatic carboxylic acids is 1. The molecule has 5 nitrogen and oxygen atoms in total. The van der Waals surface area contributed by atoms with Crippen molar-refractivity contribution in [2.75, 3.05) is 0 Å². The molecule has 1 aromatic rings. The van der Waals surface area contributed by atoms with Crippen LogP contribution in [0.3, 0.4) is 0 Å². The summed E-state index contributed by atoms with van der Waals surface area (Å²) in [4.78, 5) is 21.8. The lowest BCUT2D eigenvalue weighted by Crippen LogP contribution is -2.27. The fraction of sp³-hybridized carbons (Fsp3) is 0.429. The van der Waals surface area contributed by atoms with Crippen LogP contribution in [0.5, 0.6) is 5.75 Å². The van der Waals surface area contributed by atoms with Gasteiger partial charge >= 0.3 is 5.97 Å². The second kappa shape index (κ2) is 5.73. The van der Waals surface area contributed by atoms with Crippen LogP contribution in [0.2, 0.25) is 0 Å². The molecule has 1 aliphatic carbocycles. The van der Waals surface area contributed by atoms with E-state index in [0.717, 1.165) is 12.8 Å². The van der Waals surface area contributed by atoms with Gasteiger partial charge in [0.05, 0.1) is 12.0 Å². The molecule has 19 heavy (non-hydrogen) atoms. The van der Waals surface area contributed by atoms with Gasteiger partial charge in [-0.3, -0.25) is 9.59 Å². The van der Waals surface area contributed by atoms with Gasteiger partial charge in [-0.1, -0.05) is 0 Å². The first-order valence-corrected chi connectivity index (χ1v) is 6.35. The molecule has 0 atom stereocenters. The Bertz CT molecular complexity index is 461. The van der Waals surface area contributed by atoms with Crippen molar-refractivity contribution < 1.29 is 19.4 Å². The zero-order valence-corrected chi connectivity index (χ0v) is 10.5. The first kappa shape index (κ1) is 13.4. The zero-order valence-electron chi connectivity index (χ0n) is 10.5. The van der Waals surface area contributed by atoms with Crippen LogP contribution >= 0.6 is 0 Å². The molecule has 2 rings (SSSR count). The molecule has 102 valence electrons. The summed E-state index contributed by atoms with van der Waals surface area (Å²) in [5.41, 5.74) is 5.60. The number of primary amides is 1. The second-order valence-electron chi connectivity index (χ2n) is 4.82. The molecule has 1 amide bonds. The van der Waals surface area contributed by atoms with Crippen molar-refractivity contribution in [3.63, 3.8) is 0 Å². The molecule has 0 saturated heterocycles. The third-order valence-corrected chi connectivity index (χ3v) is 3.47. The van der Waals surface area contributed by atoms with E-state index in [4.69, 9.17) is 15.6 Å². The molecule has 0 spiro atoms. The maximum atomic E-state index is 10.9. The van der Waals surface area contributed by atoms with Crippen molar-refractivity contribution >= 4 is 11.9 Å². The SMILES string of the molecule is NC(=O)c1ccc(OC2CCC(C(=O)O)CC2)cc1. The topological polar surface area (TPSA) is 89.6 Å². The minimum Gasteiger partial charge on any atom is -0.490 e. The number of amides is 1. The van der Waals surface area contributed by atoms with E-state index in [9.17, 15) is 9.59 Å². The highest BCUT2D eigenvalue weighted by atomic mass is 16.5. The number of hydrogen-bond acceptors (Lipinski definition) is 3. The molecule has 0 radical (unpaired) electrons. The normalized spacial score (nSPS) is 22.7. The van der Waals surface area contributed by atoms with E-state index in [1.807, 2.05) is 0 Å². The number of benzene rings is 1. The molecular weight excluding hydrogens is 246 g/mol. The Morgan fingerprint density at radius 1 is 1.11 bits per heavy atom. The summed E-state index contributed by atoms with van der Waals surface area (Å²) in [7, 11) is 0. The van der Waals surface area contributed by atoms with Crippen molar-refractivity contribution in [2.45, 2.75) is 31.8 Å². The van der Waals surface area contributed by atoms with Gasteiger partial charge in [-0.25, -0.2) is 0 Å². The van der Waals surface area contributed by atoms with Crippen LogP contribution in [-0.4, -0.2) is 23.1 Å². The first-order chi connectivity index (χ1) is 9.06. The molecule has 0 heterocycles. The number of carbonyl (C=O) groups excluding carboxylic acids is 1. The van der Waals surface area contributed by atoms with Crippen molar-refractivity contribution in [1.82, 2.24) is 0 Å². The fourth-order valence-corrected chi connectivity index (χ4v) is 2.32. The van der Waals surface area contributed by atoms with Gasteiger partial charge in [0.15, 0.2) is 0 Å². The van der Waals surface area contributed by atoms with E-state index in [1.165, 1.54) is 0 Å². The lowest BCUT2D eigenvalue weighted by molar-refractivity contribution is -0.143. The standard InChI is InChI=1S/C14H17NO4/c15-13(16)9-1-5-11(6-2-9)19-12-7-3-10(4-8-12)14(17)18/h1-2,5-6,10,12H,3-4,7-8H2,(H2,15,16)(H,17,18). The van der Waals surface area contributed by atoms with Crippen LogP contribution < -0.4 is 10.5 Å². The fourth-order valence-electron chi connectivity index (χ4n) is 2.32. The lowest BCUT2D eigenvalue weighted by Gasteiger charge is -2.26. The Balaban J connectivity index is 1.88. The number of rotatable bonds is 4. The van der Waals surface area contributed by atoms with Gasteiger partial charge < -0.3 is 15.6 Å². The molecule has 0 bridgehead atoms. The summed E-state index contributed by atoms with van der Waals surface area (Å²) in [6.07, 6.45) is 2.84. The second-order valence-corrected chi connectivity index (χ2v) is 4.82. The molecule has 1 fully saturated rings. The van der Waals surface area contributed by atoms with Crippen LogP contribution in [0, 0.1) is 5.92 Å². The molecule has 5 heteroatoms. The van der Waals surface area contributed by atoms with E-state index in [-0.39, 0.29) is 12.0 Å². The minimum absolute atomic E-state index is 0.0510. The Kier molecular flexibility index (Phi) is 4.04. The van der Waals surface area contributed by atoms with E-state index >= 15 is 0 Å². The lowest BCUT2D eigenvalue weighted by atomic mass is 9.87. The predicted octanol–water partition coefficient (Wildman–Crippen LogP) is 1.81. The van der Waals surface area contributed by atoms with E-state index in [2.05, 4.69) is 0 Å². The van der Waals surface area contributed by atoms with Gasteiger partial charge in [0, 0.05) is 5.56 Å². The summed E-state index contributed by atoms with van der Waals surface area (Å²) in [5, 5.41) is 8.91. The summed E-state index contributed by atoms with van der Waals surface area (Å²) < 4.78 is 5.77. The van der Waals surface area contributed by atoms with Crippen molar-refractivity contribution in [2.24, 2.45) is 11.7 Å². The maximum absolute atomic E-state index is 10.9. The van der Waals surface area contributed by atoms with E-state index in [1.54, 1.807) is 24.3 Å². The third-order valence-electron chi connectivity index (χ3n) is 3.47. The molecule has 1 aliphatic rings. The van der Waals surface area contributed by atoms with Gasteiger partial charge in [0.1, 0.15) is 5.75 Å². The van der Waals surface area contributed by atoms with Gasteiger partial charge in [0.2, 0.25) is 5.91 Å². The average molecular weight is 263 g/mol. The molecular formula is C14H17NO4. The molecule has 3 N–H and O–H groups in total. The Labute approximate surface area is 111 Å². The number of ether oxygens (including phenoxy) is 1. The zero-order chi connectivity index (χ0) is 13.8. The highest BCUT2D eigenvalue weighted by Crippen LogP contribution is 2.27. The summed E-state index contributed by atoms with van der Waals surface area (Å²) in [6, 6.07) is 6.67. The number of carboxylic acids is 1. The quantitative estimate of drug-likeness (QED) is 0.866. The molecule has 1 aromatic carbocycles. The van der Waals surface area contributed by atoms with Crippen LogP contribution in [0.25, 0.3) is 0 Å². The Hall–Kier alpha value is -2.04. The number of carbonyl (C=O) groups is 2. The van der Waals surface area contributed by atoms with Crippen LogP contribution in [0.4, 0.5) is 0 Å².